The summed E-state index contributed by atoms with van der Waals surface area (Å²) in [4.78, 5) is 24.7. The van der Waals surface area contributed by atoms with E-state index < -0.39 is 6.10 Å². The van der Waals surface area contributed by atoms with Crippen LogP contribution in [0.25, 0.3) is 0 Å². The zero-order chi connectivity index (χ0) is 13.3. The second-order valence-corrected chi connectivity index (χ2v) is 5.05. The highest BCUT2D eigenvalue weighted by Gasteiger charge is 2.46. The fourth-order valence-corrected chi connectivity index (χ4v) is 2.97. The van der Waals surface area contributed by atoms with Gasteiger partial charge in [-0.1, -0.05) is 0 Å². The Bertz CT molecular complexity index is 347. The maximum absolute atomic E-state index is 11.5. The van der Waals surface area contributed by atoms with Crippen LogP contribution in [-0.2, 0) is 19.1 Å². The molecule has 2 saturated heterocycles. The highest BCUT2D eigenvalue weighted by molar-refractivity contribution is 5.76. The normalized spacial score (nSPS) is 36.1. The first-order chi connectivity index (χ1) is 8.52. The second-order valence-electron chi connectivity index (χ2n) is 5.05. The van der Waals surface area contributed by atoms with E-state index in [1.165, 1.54) is 7.11 Å². The van der Waals surface area contributed by atoms with Gasteiger partial charge in [-0.05, 0) is 19.8 Å². The molecule has 2 fully saturated rings. The molecule has 2 aliphatic heterocycles. The van der Waals surface area contributed by atoms with Gasteiger partial charge in [0.25, 0.3) is 0 Å². The Morgan fingerprint density at radius 1 is 1.44 bits per heavy atom. The minimum atomic E-state index is -0.509. The lowest BCUT2D eigenvalue weighted by molar-refractivity contribution is -0.153. The molecule has 0 radical (unpaired) electrons. The summed E-state index contributed by atoms with van der Waals surface area (Å²) in [5.41, 5.74) is 5.28. The van der Waals surface area contributed by atoms with Crippen molar-refractivity contribution in [2.75, 3.05) is 13.7 Å². The van der Waals surface area contributed by atoms with E-state index in [-0.39, 0.29) is 30.6 Å². The van der Waals surface area contributed by atoms with Gasteiger partial charge in [0, 0.05) is 18.5 Å². The van der Waals surface area contributed by atoms with Gasteiger partial charge in [0.15, 0.2) is 6.10 Å². The first-order valence-electron chi connectivity index (χ1n) is 6.30. The number of esters is 1. The van der Waals surface area contributed by atoms with Crippen molar-refractivity contribution in [2.45, 2.75) is 50.5 Å². The number of hydrogen-bond donors (Lipinski definition) is 1. The number of rotatable bonds is 3. The van der Waals surface area contributed by atoms with Crippen molar-refractivity contribution in [1.82, 2.24) is 4.90 Å². The Kier molecular flexibility index (Phi) is 3.87. The Morgan fingerprint density at radius 3 is 2.78 bits per heavy atom. The van der Waals surface area contributed by atoms with Crippen molar-refractivity contribution in [3.63, 3.8) is 0 Å². The maximum atomic E-state index is 11.5. The Labute approximate surface area is 106 Å². The van der Waals surface area contributed by atoms with Crippen LogP contribution in [-0.4, -0.2) is 54.7 Å². The fourth-order valence-electron chi connectivity index (χ4n) is 2.97. The highest BCUT2D eigenvalue weighted by Crippen LogP contribution is 2.34. The number of methoxy groups -OCH3 is 1. The van der Waals surface area contributed by atoms with Crippen LogP contribution >= 0.6 is 0 Å². The van der Waals surface area contributed by atoms with E-state index in [0.29, 0.717) is 12.5 Å². The van der Waals surface area contributed by atoms with Gasteiger partial charge in [-0.2, -0.15) is 0 Å². The molecule has 0 aromatic rings. The quantitative estimate of drug-likeness (QED) is 0.698. The maximum Gasteiger partial charge on any atom is 0.335 e. The Hall–Kier alpha value is -1.14. The van der Waals surface area contributed by atoms with Crippen LogP contribution < -0.4 is 5.73 Å². The van der Waals surface area contributed by atoms with Gasteiger partial charge in [-0.3, -0.25) is 9.69 Å². The van der Waals surface area contributed by atoms with Gasteiger partial charge < -0.3 is 15.2 Å². The third kappa shape index (κ3) is 2.49. The van der Waals surface area contributed by atoms with Crippen LogP contribution in [0.2, 0.25) is 0 Å². The number of carbonyl (C=O) groups excluding carboxylic acids is 2. The molecule has 18 heavy (non-hydrogen) atoms. The monoisotopic (exact) mass is 256 g/mol. The lowest BCUT2D eigenvalue weighted by atomic mass is 9.92. The van der Waals surface area contributed by atoms with Crippen molar-refractivity contribution >= 4 is 11.9 Å². The molecule has 6 heteroatoms. The lowest BCUT2D eigenvalue weighted by Gasteiger charge is -2.40. The average molecular weight is 256 g/mol. The fraction of sp³-hybridized carbons (Fsp3) is 0.833. The summed E-state index contributed by atoms with van der Waals surface area (Å²) in [6.45, 7) is 2.30. The number of nitrogens with zero attached hydrogens (tertiary/aromatic N) is 1. The molecule has 0 saturated carbocycles. The zero-order valence-electron chi connectivity index (χ0n) is 10.8. The number of likely N-dealkylation sites (tertiary alicyclic amines) is 1. The molecule has 2 rings (SSSR count). The van der Waals surface area contributed by atoms with Gasteiger partial charge in [0.1, 0.15) is 0 Å². The lowest BCUT2D eigenvalue weighted by Crippen LogP contribution is -2.53. The molecule has 0 spiro atoms. The van der Waals surface area contributed by atoms with Crippen molar-refractivity contribution in [2.24, 2.45) is 5.73 Å². The van der Waals surface area contributed by atoms with E-state index in [1.807, 2.05) is 0 Å². The Balaban J connectivity index is 2.08. The topological polar surface area (TPSA) is 81.9 Å². The van der Waals surface area contributed by atoms with E-state index >= 15 is 0 Å². The minimum absolute atomic E-state index is 0.00431. The molecule has 0 aromatic carbocycles. The van der Waals surface area contributed by atoms with Crippen molar-refractivity contribution < 1.29 is 19.1 Å². The summed E-state index contributed by atoms with van der Waals surface area (Å²) in [5, 5.41) is 0. The Morgan fingerprint density at radius 2 is 2.17 bits per heavy atom. The number of fused-ring (bicyclic) bond motifs is 1. The van der Waals surface area contributed by atoms with Crippen LogP contribution in [0.1, 0.15) is 26.2 Å². The number of nitrogens with two attached hydrogens (primary N) is 1. The van der Waals surface area contributed by atoms with E-state index in [9.17, 15) is 9.59 Å². The molecular weight excluding hydrogens is 236 g/mol. The zero-order valence-corrected chi connectivity index (χ0v) is 10.8. The predicted molar refractivity (Wildman–Crippen MR) is 63.7 cm³/mol. The molecule has 2 N–H and O–H groups in total. The van der Waals surface area contributed by atoms with Crippen LogP contribution in [0, 0.1) is 0 Å². The van der Waals surface area contributed by atoms with Crippen LogP contribution in [0.4, 0.5) is 0 Å². The number of carbonyl (C=O) groups is 2. The van der Waals surface area contributed by atoms with E-state index in [0.717, 1.165) is 12.8 Å². The van der Waals surface area contributed by atoms with E-state index in [2.05, 4.69) is 11.8 Å². The van der Waals surface area contributed by atoms with Gasteiger partial charge in [0.05, 0.1) is 19.8 Å². The SMILES string of the molecule is COC(=O)[C@@H]1C[C@@H]2[C@H](CC[C@@H](C)N2CC(N)=O)O1. The molecule has 2 aliphatic rings. The summed E-state index contributed by atoms with van der Waals surface area (Å²) in [5.74, 6) is -0.680. The predicted octanol–water partition coefficient (Wildman–Crippen LogP) is -0.345. The summed E-state index contributed by atoms with van der Waals surface area (Å²) >= 11 is 0. The third-order valence-electron chi connectivity index (χ3n) is 3.89. The van der Waals surface area contributed by atoms with Gasteiger partial charge >= 0.3 is 5.97 Å². The molecule has 0 unspecified atom stereocenters. The third-order valence-corrected chi connectivity index (χ3v) is 3.89. The van der Waals surface area contributed by atoms with Crippen molar-refractivity contribution in [3.8, 4) is 0 Å². The van der Waals surface area contributed by atoms with E-state index in [4.69, 9.17) is 15.2 Å². The summed E-state index contributed by atoms with van der Waals surface area (Å²) in [6, 6.07) is 0.379. The van der Waals surface area contributed by atoms with Gasteiger partial charge in [-0.15, -0.1) is 0 Å². The van der Waals surface area contributed by atoms with Crippen molar-refractivity contribution in [3.05, 3.63) is 0 Å². The molecule has 102 valence electrons. The van der Waals surface area contributed by atoms with Crippen LogP contribution in [0.5, 0.6) is 0 Å². The molecule has 6 nitrogen and oxygen atoms in total. The molecular formula is C12H20N2O4. The van der Waals surface area contributed by atoms with E-state index in [1.54, 1.807) is 0 Å². The largest absolute Gasteiger partial charge is 0.467 e. The molecule has 4 atom stereocenters. The highest BCUT2D eigenvalue weighted by atomic mass is 16.6. The first kappa shape index (κ1) is 13.3. The molecule has 0 bridgehead atoms. The van der Waals surface area contributed by atoms with Gasteiger partial charge in [0.2, 0.25) is 5.91 Å². The summed E-state index contributed by atoms with van der Waals surface area (Å²) < 4.78 is 10.4. The smallest absolute Gasteiger partial charge is 0.335 e. The van der Waals surface area contributed by atoms with Crippen LogP contribution in [0.3, 0.4) is 0 Å². The minimum Gasteiger partial charge on any atom is -0.467 e. The molecule has 0 aromatic heterocycles. The summed E-state index contributed by atoms with van der Waals surface area (Å²) in [7, 11) is 1.36. The first-order valence-corrected chi connectivity index (χ1v) is 6.30. The van der Waals surface area contributed by atoms with Crippen LogP contribution in [0.15, 0.2) is 0 Å². The van der Waals surface area contributed by atoms with Crippen molar-refractivity contribution in [1.29, 1.82) is 0 Å². The number of ether oxygens (including phenoxy) is 2. The van der Waals surface area contributed by atoms with Gasteiger partial charge in [-0.25, -0.2) is 4.79 Å². The molecule has 1 amide bonds. The standard InChI is InChI=1S/C12H20N2O4/c1-7-3-4-9-8(14(7)6-11(13)15)5-10(18-9)12(16)17-2/h7-10H,3-6H2,1-2H3,(H2,13,15)/t7-,8-,9+,10+/m1/s1. The number of primary amides is 1. The average Bonchev–Trinajstić information content (AvgIpc) is 2.75. The number of piperidine rings is 1. The number of amides is 1. The number of hydrogen-bond acceptors (Lipinski definition) is 5. The molecule has 0 aliphatic carbocycles. The summed E-state index contributed by atoms with van der Waals surface area (Å²) in [6.07, 6.45) is 1.93. The molecule has 2 heterocycles. The second kappa shape index (κ2) is 5.24.